The van der Waals surface area contributed by atoms with Crippen molar-refractivity contribution in [2.45, 2.75) is 38.9 Å². The molecule has 3 N–H and O–H groups in total. The first kappa shape index (κ1) is 14.9. The van der Waals surface area contributed by atoms with E-state index in [-0.39, 0.29) is 5.91 Å². The van der Waals surface area contributed by atoms with Gasteiger partial charge >= 0.3 is 0 Å². The number of hydrogen-bond acceptors (Lipinski definition) is 3. The predicted molar refractivity (Wildman–Crippen MR) is 81.0 cm³/mol. The Balaban J connectivity index is 2.38. The maximum Gasteiger partial charge on any atom is 0.224 e. The molecule has 0 saturated carbocycles. The lowest BCUT2D eigenvalue weighted by Gasteiger charge is -2.09. The maximum absolute atomic E-state index is 11.8. The monoisotopic (exact) mass is 266 g/mol. The highest BCUT2D eigenvalue weighted by Gasteiger charge is 2.05. The van der Waals surface area contributed by atoms with Crippen LogP contribution in [-0.4, -0.2) is 16.9 Å². The lowest BCUT2D eigenvalue weighted by Crippen LogP contribution is -2.12. The van der Waals surface area contributed by atoms with E-state index in [1.54, 1.807) is 6.07 Å². The Bertz CT molecular complexity index is 405. The van der Waals surface area contributed by atoms with Gasteiger partial charge in [0.05, 0.1) is 0 Å². The third-order valence-corrected chi connectivity index (χ3v) is 3.73. The standard InChI is InChI=1S/C14H22N2OS/c1-10(2)18-8-4-5-14(17)16-13-9-12(15)7-6-11(13)3/h6-7,9-10H,4-5,8,15H2,1-3H3,(H,16,17). The summed E-state index contributed by atoms with van der Waals surface area (Å²) >= 11 is 1.89. The first-order valence-corrected chi connectivity index (χ1v) is 7.31. The fourth-order valence-electron chi connectivity index (χ4n) is 1.54. The molecule has 4 heteroatoms. The van der Waals surface area contributed by atoms with E-state index >= 15 is 0 Å². The lowest BCUT2D eigenvalue weighted by atomic mass is 10.1. The van der Waals surface area contributed by atoms with Crippen LogP contribution in [0.5, 0.6) is 0 Å². The Morgan fingerprint density at radius 3 is 2.83 bits per heavy atom. The van der Waals surface area contributed by atoms with Gasteiger partial charge in [-0.05, 0) is 42.0 Å². The Morgan fingerprint density at radius 1 is 1.44 bits per heavy atom. The second-order valence-electron chi connectivity index (χ2n) is 4.65. The molecule has 0 bridgehead atoms. The van der Waals surface area contributed by atoms with E-state index in [9.17, 15) is 4.79 Å². The molecule has 100 valence electrons. The highest BCUT2D eigenvalue weighted by molar-refractivity contribution is 7.99. The summed E-state index contributed by atoms with van der Waals surface area (Å²) in [5, 5.41) is 3.54. The topological polar surface area (TPSA) is 55.1 Å². The van der Waals surface area contributed by atoms with E-state index in [0.29, 0.717) is 17.4 Å². The molecule has 0 aliphatic heterocycles. The van der Waals surface area contributed by atoms with Gasteiger partial charge in [-0.3, -0.25) is 4.79 Å². The highest BCUT2D eigenvalue weighted by atomic mass is 32.2. The molecule has 0 aliphatic rings. The predicted octanol–water partition coefficient (Wildman–Crippen LogP) is 3.44. The van der Waals surface area contributed by atoms with Gasteiger partial charge in [0.15, 0.2) is 0 Å². The molecule has 1 amide bonds. The SMILES string of the molecule is Cc1ccc(N)cc1NC(=O)CCCSC(C)C. The van der Waals surface area contributed by atoms with Crippen LogP contribution in [0, 0.1) is 6.92 Å². The quantitative estimate of drug-likeness (QED) is 0.612. The zero-order valence-corrected chi connectivity index (χ0v) is 12.1. The summed E-state index contributed by atoms with van der Waals surface area (Å²) in [6.45, 7) is 6.30. The molecule has 0 fully saturated rings. The van der Waals surface area contributed by atoms with Crippen LogP contribution >= 0.6 is 11.8 Å². The molecule has 1 aromatic rings. The number of rotatable bonds is 6. The van der Waals surface area contributed by atoms with Gasteiger partial charge in [-0.25, -0.2) is 0 Å². The van der Waals surface area contributed by atoms with Gasteiger partial charge < -0.3 is 11.1 Å². The van der Waals surface area contributed by atoms with E-state index in [2.05, 4.69) is 19.2 Å². The first-order chi connectivity index (χ1) is 8.49. The molecule has 0 radical (unpaired) electrons. The van der Waals surface area contributed by atoms with E-state index in [1.807, 2.05) is 30.8 Å². The number of carbonyl (C=O) groups is 1. The zero-order chi connectivity index (χ0) is 13.5. The molecule has 0 atom stereocenters. The van der Waals surface area contributed by atoms with Crippen molar-refractivity contribution < 1.29 is 4.79 Å². The Morgan fingerprint density at radius 2 is 2.17 bits per heavy atom. The Hall–Kier alpha value is -1.16. The Kier molecular flexibility index (Phi) is 6.05. The molecule has 3 nitrogen and oxygen atoms in total. The fraction of sp³-hybridized carbons (Fsp3) is 0.500. The number of carbonyl (C=O) groups excluding carboxylic acids is 1. The lowest BCUT2D eigenvalue weighted by molar-refractivity contribution is -0.116. The van der Waals surface area contributed by atoms with Crippen LogP contribution < -0.4 is 11.1 Å². The zero-order valence-electron chi connectivity index (χ0n) is 11.3. The average Bonchev–Trinajstić information content (AvgIpc) is 2.29. The molecule has 0 unspecified atom stereocenters. The molecule has 0 saturated heterocycles. The van der Waals surface area contributed by atoms with E-state index in [1.165, 1.54) is 0 Å². The summed E-state index contributed by atoms with van der Waals surface area (Å²) in [7, 11) is 0. The van der Waals surface area contributed by atoms with Crippen LogP contribution in [0.1, 0.15) is 32.3 Å². The number of hydrogen-bond donors (Lipinski definition) is 2. The molecular weight excluding hydrogens is 244 g/mol. The third kappa shape index (κ3) is 5.45. The van der Waals surface area contributed by atoms with Gasteiger partial charge in [0.1, 0.15) is 0 Å². The highest BCUT2D eigenvalue weighted by Crippen LogP contribution is 2.18. The molecule has 0 spiro atoms. The van der Waals surface area contributed by atoms with E-state index in [0.717, 1.165) is 23.4 Å². The maximum atomic E-state index is 11.8. The minimum Gasteiger partial charge on any atom is -0.399 e. The summed E-state index contributed by atoms with van der Waals surface area (Å²) in [6, 6.07) is 5.56. The number of amides is 1. The normalized spacial score (nSPS) is 10.7. The van der Waals surface area contributed by atoms with Crippen molar-refractivity contribution in [3.05, 3.63) is 23.8 Å². The number of nitrogens with one attached hydrogen (secondary N) is 1. The summed E-state index contributed by atoms with van der Waals surface area (Å²) in [6.07, 6.45) is 1.48. The van der Waals surface area contributed by atoms with Crippen LogP contribution in [0.4, 0.5) is 11.4 Å². The van der Waals surface area contributed by atoms with Crippen molar-refractivity contribution >= 4 is 29.0 Å². The molecule has 0 heterocycles. The van der Waals surface area contributed by atoms with Crippen molar-refractivity contribution in [3.8, 4) is 0 Å². The summed E-state index contributed by atoms with van der Waals surface area (Å²) in [5.74, 6) is 1.09. The van der Waals surface area contributed by atoms with E-state index in [4.69, 9.17) is 5.73 Å². The summed E-state index contributed by atoms with van der Waals surface area (Å²) in [5.41, 5.74) is 8.23. The second kappa shape index (κ2) is 7.31. The number of nitrogens with two attached hydrogens (primary N) is 1. The van der Waals surface area contributed by atoms with Crippen molar-refractivity contribution in [1.29, 1.82) is 0 Å². The number of nitrogen functional groups attached to an aromatic ring is 1. The number of benzene rings is 1. The molecule has 1 rings (SSSR count). The van der Waals surface area contributed by atoms with Crippen LogP contribution in [-0.2, 0) is 4.79 Å². The average molecular weight is 266 g/mol. The largest absolute Gasteiger partial charge is 0.399 e. The van der Waals surface area contributed by atoms with Crippen LogP contribution in [0.3, 0.4) is 0 Å². The van der Waals surface area contributed by atoms with Crippen molar-refractivity contribution in [3.63, 3.8) is 0 Å². The van der Waals surface area contributed by atoms with Crippen LogP contribution in [0.2, 0.25) is 0 Å². The number of anilines is 2. The van der Waals surface area contributed by atoms with Crippen molar-refractivity contribution in [1.82, 2.24) is 0 Å². The summed E-state index contributed by atoms with van der Waals surface area (Å²) in [4.78, 5) is 11.8. The number of thioether (sulfide) groups is 1. The van der Waals surface area contributed by atoms with Gasteiger partial charge in [-0.2, -0.15) is 11.8 Å². The molecule has 0 aliphatic carbocycles. The van der Waals surface area contributed by atoms with Gasteiger partial charge in [0.25, 0.3) is 0 Å². The first-order valence-electron chi connectivity index (χ1n) is 6.26. The Labute approximate surface area is 114 Å². The minimum atomic E-state index is 0.0630. The molecule has 0 aromatic heterocycles. The second-order valence-corrected chi connectivity index (χ2v) is 6.33. The molecular formula is C14H22N2OS. The third-order valence-electron chi connectivity index (χ3n) is 2.54. The number of aryl methyl sites for hydroxylation is 1. The van der Waals surface area contributed by atoms with E-state index < -0.39 is 0 Å². The van der Waals surface area contributed by atoms with Gasteiger partial charge in [-0.15, -0.1) is 0 Å². The van der Waals surface area contributed by atoms with Gasteiger partial charge in [-0.1, -0.05) is 19.9 Å². The molecule has 18 heavy (non-hydrogen) atoms. The van der Waals surface area contributed by atoms with Crippen molar-refractivity contribution in [2.24, 2.45) is 0 Å². The van der Waals surface area contributed by atoms with Crippen molar-refractivity contribution in [2.75, 3.05) is 16.8 Å². The minimum absolute atomic E-state index is 0.0630. The molecule has 1 aromatic carbocycles. The van der Waals surface area contributed by atoms with Gasteiger partial charge in [0.2, 0.25) is 5.91 Å². The van der Waals surface area contributed by atoms with Gasteiger partial charge in [0, 0.05) is 17.8 Å². The smallest absolute Gasteiger partial charge is 0.224 e. The summed E-state index contributed by atoms with van der Waals surface area (Å²) < 4.78 is 0. The fourth-order valence-corrected chi connectivity index (χ4v) is 2.32. The van der Waals surface area contributed by atoms with Crippen LogP contribution in [0.25, 0.3) is 0 Å². The van der Waals surface area contributed by atoms with Crippen LogP contribution in [0.15, 0.2) is 18.2 Å².